The second kappa shape index (κ2) is 9.30. The van der Waals surface area contributed by atoms with E-state index in [4.69, 9.17) is 0 Å². The van der Waals surface area contributed by atoms with Gasteiger partial charge < -0.3 is 0 Å². The van der Waals surface area contributed by atoms with E-state index in [2.05, 4.69) is 116 Å². The average Bonchev–Trinajstić information content (AvgIpc) is 3.24. The zero-order valence-corrected chi connectivity index (χ0v) is 14.4. The molecule has 0 amide bonds. The largest absolute Gasteiger partial charge is 0.168 e. The van der Waals surface area contributed by atoms with Gasteiger partial charge >= 0.3 is 37.6 Å². The third-order valence-corrected chi connectivity index (χ3v) is 3.94. The first-order valence-electron chi connectivity index (χ1n) is 7.55. The molecule has 0 radical (unpaired) electrons. The summed E-state index contributed by atoms with van der Waals surface area (Å²) in [5, 5.41) is 5.32. The molecule has 108 valence electrons. The molecule has 4 rings (SSSR count). The number of rotatable bonds is 1. The van der Waals surface area contributed by atoms with Crippen LogP contribution in [0.2, 0.25) is 0 Å². The third kappa shape index (κ3) is 4.91. The molecule has 0 N–H and O–H groups in total. The predicted molar refractivity (Wildman–Crippen MR) is 95.4 cm³/mol. The van der Waals surface area contributed by atoms with Crippen molar-refractivity contribution in [3.05, 3.63) is 84.9 Å². The van der Waals surface area contributed by atoms with Gasteiger partial charge in [-0.2, -0.15) is 35.0 Å². The third-order valence-electron chi connectivity index (χ3n) is 3.30. The minimum absolute atomic E-state index is 1.19. The van der Waals surface area contributed by atoms with E-state index in [1.54, 1.807) is 0 Å². The van der Waals surface area contributed by atoms with Gasteiger partial charge in [-0.25, -0.2) is 0 Å². The van der Waals surface area contributed by atoms with E-state index >= 15 is 0 Å². The fraction of sp³-hybridized carbons (Fsp3) is 0.0952. The quantitative estimate of drug-likeness (QED) is 0.304. The standard InChI is InChI=1S/2C9H7.C3H6.Ti/c2*1-2-5-9-7-3-6-8(9)4-1;1-3-2;/h2*1-7H;1H,3H2,2H3;/q2*-1;;+2. The minimum atomic E-state index is 1.19. The second-order valence-corrected chi connectivity index (χ2v) is 5.56. The van der Waals surface area contributed by atoms with Gasteiger partial charge in [-0.05, 0) is 0 Å². The number of hydrogen-bond acceptors (Lipinski definition) is 0. The van der Waals surface area contributed by atoms with Crippen LogP contribution in [0.1, 0.15) is 13.3 Å². The van der Waals surface area contributed by atoms with Gasteiger partial charge in [0.05, 0.1) is 0 Å². The molecule has 0 aromatic heterocycles. The Bertz CT molecular complexity index is 678. The molecule has 0 saturated carbocycles. The first-order valence-corrected chi connectivity index (χ1v) is 8.45. The van der Waals surface area contributed by atoms with E-state index in [1.165, 1.54) is 28.0 Å². The van der Waals surface area contributed by atoms with Crippen LogP contribution < -0.4 is 0 Å². The summed E-state index contributed by atoms with van der Waals surface area (Å²) in [7, 11) is 0. The molecular weight excluding hydrogens is 300 g/mol. The van der Waals surface area contributed by atoms with Crippen LogP contribution in [0.3, 0.4) is 0 Å². The smallest absolute Gasteiger partial charge is 0.0809 e. The van der Waals surface area contributed by atoms with Crippen molar-refractivity contribution in [3.8, 4) is 0 Å². The Labute approximate surface area is 144 Å². The molecule has 22 heavy (non-hydrogen) atoms. The van der Waals surface area contributed by atoms with E-state index < -0.39 is 0 Å². The number of fused-ring (bicyclic) bond motifs is 2. The van der Waals surface area contributed by atoms with Crippen LogP contribution in [0, 0.1) is 0 Å². The maximum atomic E-state index is 2.12. The molecule has 0 saturated heterocycles. The fourth-order valence-electron chi connectivity index (χ4n) is 2.14. The van der Waals surface area contributed by atoms with Crippen LogP contribution in [-0.4, -0.2) is 4.31 Å². The molecule has 4 aromatic rings. The average molecular weight is 320 g/mol. The molecule has 0 aliphatic carbocycles. The molecular formula is C21H20Ti. The first-order chi connectivity index (χ1) is 10.8. The van der Waals surface area contributed by atoms with Gasteiger partial charge in [-0.3, -0.25) is 0 Å². The summed E-state index contributed by atoms with van der Waals surface area (Å²) in [6, 6.07) is 29.3. The van der Waals surface area contributed by atoms with Gasteiger partial charge in [0.25, 0.3) is 0 Å². The Kier molecular flexibility index (Phi) is 7.02. The van der Waals surface area contributed by atoms with Gasteiger partial charge in [-0.1, -0.05) is 12.1 Å². The number of benzene rings is 2. The predicted octanol–water partition coefficient (Wildman–Crippen LogP) is 5.86. The van der Waals surface area contributed by atoms with Crippen molar-refractivity contribution in [2.24, 2.45) is 0 Å². The summed E-state index contributed by atoms with van der Waals surface area (Å²) in [5.74, 6) is 0. The van der Waals surface area contributed by atoms with Crippen molar-refractivity contribution in [1.29, 1.82) is 0 Å². The molecule has 0 aliphatic heterocycles. The Morgan fingerprint density at radius 3 is 1.55 bits per heavy atom. The molecule has 0 fully saturated rings. The Morgan fingerprint density at radius 2 is 1.18 bits per heavy atom. The minimum Gasteiger partial charge on any atom is -0.168 e. The summed E-state index contributed by atoms with van der Waals surface area (Å²) in [6.07, 6.45) is 1.19. The molecule has 0 atom stereocenters. The van der Waals surface area contributed by atoms with E-state index in [0.717, 1.165) is 0 Å². The molecule has 1 heteroatoms. The second-order valence-electron chi connectivity index (χ2n) is 4.92. The SMILES string of the molecule is CC[CH]=[Ti+2].c1ccc2[cH-]ccc2c1.c1ccc2[cH-]ccc2c1. The van der Waals surface area contributed by atoms with Gasteiger partial charge in [0.15, 0.2) is 0 Å². The van der Waals surface area contributed by atoms with Crippen molar-refractivity contribution in [2.45, 2.75) is 13.3 Å². The van der Waals surface area contributed by atoms with Gasteiger partial charge in [-0.15, -0.1) is 59.3 Å². The van der Waals surface area contributed by atoms with Crippen LogP contribution in [0.4, 0.5) is 0 Å². The zero-order chi connectivity index (χ0) is 15.6. The van der Waals surface area contributed by atoms with Crippen molar-refractivity contribution >= 4 is 25.9 Å². The van der Waals surface area contributed by atoms with Gasteiger partial charge in [0, 0.05) is 0 Å². The molecule has 0 aliphatic rings. The molecule has 0 spiro atoms. The van der Waals surface area contributed by atoms with E-state index in [9.17, 15) is 0 Å². The van der Waals surface area contributed by atoms with Crippen LogP contribution in [0.15, 0.2) is 84.9 Å². The van der Waals surface area contributed by atoms with Crippen LogP contribution in [0.5, 0.6) is 0 Å². The van der Waals surface area contributed by atoms with Crippen molar-refractivity contribution in [3.63, 3.8) is 0 Å². The van der Waals surface area contributed by atoms with Crippen molar-refractivity contribution in [1.82, 2.24) is 0 Å². The van der Waals surface area contributed by atoms with Crippen molar-refractivity contribution in [2.75, 3.05) is 0 Å². The normalized spacial score (nSPS) is 9.59. The van der Waals surface area contributed by atoms with E-state index in [0.29, 0.717) is 0 Å². The molecule has 0 nitrogen and oxygen atoms in total. The molecule has 0 heterocycles. The van der Waals surface area contributed by atoms with Crippen LogP contribution in [-0.2, 0) is 20.0 Å². The summed E-state index contributed by atoms with van der Waals surface area (Å²) in [6.45, 7) is 2.12. The zero-order valence-electron chi connectivity index (χ0n) is 12.9. The maximum absolute atomic E-state index is 2.12. The fourth-order valence-corrected chi connectivity index (χ4v) is 2.14. The summed E-state index contributed by atoms with van der Waals surface area (Å²) < 4.78 is 2.12. The topological polar surface area (TPSA) is 0 Å². The summed E-state index contributed by atoms with van der Waals surface area (Å²) in [5.41, 5.74) is 0. The molecule has 0 unspecified atom stereocenters. The maximum Gasteiger partial charge on any atom is -0.0809 e. The first kappa shape index (κ1) is 16.6. The Hall–Kier alpha value is -1.76. The van der Waals surface area contributed by atoms with Crippen LogP contribution in [0.25, 0.3) is 21.5 Å². The van der Waals surface area contributed by atoms with Crippen molar-refractivity contribution < 1.29 is 20.0 Å². The summed E-state index contributed by atoms with van der Waals surface area (Å²) >= 11 is 2.06. The molecule has 4 aromatic carbocycles. The number of hydrogen-bond donors (Lipinski definition) is 0. The monoisotopic (exact) mass is 320 g/mol. The van der Waals surface area contributed by atoms with Crippen LogP contribution >= 0.6 is 0 Å². The summed E-state index contributed by atoms with van der Waals surface area (Å²) in [4.78, 5) is 0. The van der Waals surface area contributed by atoms with E-state index in [-0.39, 0.29) is 0 Å². The van der Waals surface area contributed by atoms with Gasteiger partial charge in [0.1, 0.15) is 0 Å². The molecule has 0 bridgehead atoms. The Morgan fingerprint density at radius 1 is 0.773 bits per heavy atom. The Balaban J connectivity index is 0.000000131. The van der Waals surface area contributed by atoms with Gasteiger partial charge in [0.2, 0.25) is 0 Å². The van der Waals surface area contributed by atoms with E-state index in [1.807, 2.05) is 0 Å².